The van der Waals surface area contributed by atoms with E-state index < -0.39 is 6.04 Å². The molecule has 1 aromatic carbocycles. The summed E-state index contributed by atoms with van der Waals surface area (Å²) in [5, 5.41) is 0. The highest BCUT2D eigenvalue weighted by Crippen LogP contribution is 2.27. The molecule has 146 valence electrons. The number of hydrogen-bond acceptors (Lipinski definition) is 6. The zero-order valence-electron chi connectivity index (χ0n) is 15.9. The summed E-state index contributed by atoms with van der Waals surface area (Å²) in [7, 11) is 4.98. The SMILES string of the molecule is COc1cc(OC)cc(OCCCN(C)C(=O)C(N)C2CCOCC2)c1. The molecule has 0 spiro atoms. The largest absolute Gasteiger partial charge is 0.496 e. The van der Waals surface area contributed by atoms with Crippen LogP contribution < -0.4 is 19.9 Å². The van der Waals surface area contributed by atoms with Crippen molar-refractivity contribution in [3.05, 3.63) is 18.2 Å². The maximum absolute atomic E-state index is 12.5. The Morgan fingerprint density at radius 2 is 1.77 bits per heavy atom. The molecule has 0 bridgehead atoms. The van der Waals surface area contributed by atoms with E-state index in [0.717, 1.165) is 12.8 Å². The van der Waals surface area contributed by atoms with E-state index in [4.69, 9.17) is 24.7 Å². The van der Waals surface area contributed by atoms with Gasteiger partial charge in [-0.1, -0.05) is 0 Å². The molecule has 7 nitrogen and oxygen atoms in total. The van der Waals surface area contributed by atoms with Crippen molar-refractivity contribution in [1.82, 2.24) is 4.90 Å². The first-order valence-electron chi connectivity index (χ1n) is 8.99. The summed E-state index contributed by atoms with van der Waals surface area (Å²) in [5.74, 6) is 2.22. The van der Waals surface area contributed by atoms with E-state index in [1.54, 1.807) is 44.4 Å². The number of rotatable bonds is 9. The van der Waals surface area contributed by atoms with Crippen LogP contribution in [-0.4, -0.2) is 64.5 Å². The van der Waals surface area contributed by atoms with Gasteiger partial charge in [0.25, 0.3) is 0 Å². The number of amides is 1. The topological polar surface area (TPSA) is 83.2 Å². The summed E-state index contributed by atoms with van der Waals surface area (Å²) >= 11 is 0. The Morgan fingerprint density at radius 3 is 2.35 bits per heavy atom. The van der Waals surface area contributed by atoms with Gasteiger partial charge in [0.2, 0.25) is 5.91 Å². The highest BCUT2D eigenvalue weighted by molar-refractivity contribution is 5.81. The van der Waals surface area contributed by atoms with Crippen LogP contribution >= 0.6 is 0 Å². The van der Waals surface area contributed by atoms with E-state index in [2.05, 4.69) is 0 Å². The zero-order valence-corrected chi connectivity index (χ0v) is 15.9. The van der Waals surface area contributed by atoms with Crippen LogP contribution in [0.3, 0.4) is 0 Å². The third-order valence-corrected chi connectivity index (χ3v) is 4.67. The summed E-state index contributed by atoms with van der Waals surface area (Å²) in [6.45, 7) is 2.46. The molecule has 1 aliphatic heterocycles. The van der Waals surface area contributed by atoms with Gasteiger partial charge in [-0.3, -0.25) is 4.79 Å². The van der Waals surface area contributed by atoms with Gasteiger partial charge in [0.15, 0.2) is 0 Å². The smallest absolute Gasteiger partial charge is 0.239 e. The molecule has 2 rings (SSSR count). The van der Waals surface area contributed by atoms with Crippen LogP contribution in [0.15, 0.2) is 18.2 Å². The average Bonchev–Trinajstić information content (AvgIpc) is 2.70. The quantitative estimate of drug-likeness (QED) is 0.670. The number of hydrogen-bond donors (Lipinski definition) is 1. The number of benzene rings is 1. The second-order valence-corrected chi connectivity index (χ2v) is 6.49. The lowest BCUT2D eigenvalue weighted by atomic mass is 9.91. The van der Waals surface area contributed by atoms with E-state index in [1.165, 1.54) is 0 Å². The summed E-state index contributed by atoms with van der Waals surface area (Å²) in [4.78, 5) is 14.1. The molecule has 1 heterocycles. The highest BCUT2D eigenvalue weighted by atomic mass is 16.5. The Kier molecular flexibility index (Phi) is 8.00. The Hall–Kier alpha value is -1.99. The average molecular weight is 366 g/mol. The molecule has 7 heteroatoms. The van der Waals surface area contributed by atoms with Crippen LogP contribution in [0.4, 0.5) is 0 Å². The van der Waals surface area contributed by atoms with E-state index >= 15 is 0 Å². The Bertz CT molecular complexity index is 553. The minimum absolute atomic E-state index is 0.0139. The lowest BCUT2D eigenvalue weighted by Crippen LogP contribution is -2.48. The number of nitrogens with zero attached hydrogens (tertiary/aromatic N) is 1. The van der Waals surface area contributed by atoms with Crippen LogP contribution in [0.2, 0.25) is 0 Å². The van der Waals surface area contributed by atoms with Crippen molar-refractivity contribution in [3.63, 3.8) is 0 Å². The zero-order chi connectivity index (χ0) is 18.9. The van der Waals surface area contributed by atoms with Crippen LogP contribution in [0.5, 0.6) is 17.2 Å². The third-order valence-electron chi connectivity index (χ3n) is 4.67. The van der Waals surface area contributed by atoms with Crippen molar-refractivity contribution in [2.24, 2.45) is 11.7 Å². The van der Waals surface area contributed by atoms with Crippen molar-refractivity contribution < 1.29 is 23.7 Å². The molecular weight excluding hydrogens is 336 g/mol. The van der Waals surface area contributed by atoms with E-state index in [9.17, 15) is 4.79 Å². The van der Waals surface area contributed by atoms with Crippen molar-refractivity contribution in [2.75, 3.05) is 47.6 Å². The molecule has 0 aliphatic carbocycles. The predicted molar refractivity (Wildman–Crippen MR) is 98.8 cm³/mol. The van der Waals surface area contributed by atoms with Crippen molar-refractivity contribution in [3.8, 4) is 17.2 Å². The van der Waals surface area contributed by atoms with Gasteiger partial charge in [0.05, 0.1) is 26.9 Å². The lowest BCUT2D eigenvalue weighted by molar-refractivity contribution is -0.133. The summed E-state index contributed by atoms with van der Waals surface area (Å²) in [6, 6.07) is 4.95. The van der Waals surface area contributed by atoms with E-state index in [-0.39, 0.29) is 11.8 Å². The summed E-state index contributed by atoms with van der Waals surface area (Å²) < 4.78 is 21.5. The lowest BCUT2D eigenvalue weighted by Gasteiger charge is -2.29. The number of methoxy groups -OCH3 is 2. The van der Waals surface area contributed by atoms with Crippen LogP contribution in [0.25, 0.3) is 0 Å². The van der Waals surface area contributed by atoms with Gasteiger partial charge < -0.3 is 29.6 Å². The number of likely N-dealkylation sites (N-methyl/N-ethyl adjacent to an activating group) is 1. The number of ether oxygens (including phenoxy) is 4. The van der Waals surface area contributed by atoms with Gasteiger partial charge >= 0.3 is 0 Å². The second kappa shape index (κ2) is 10.2. The molecule has 2 N–H and O–H groups in total. The molecule has 1 unspecified atom stereocenters. The third kappa shape index (κ3) is 5.78. The van der Waals surface area contributed by atoms with Gasteiger partial charge in [-0.2, -0.15) is 0 Å². The van der Waals surface area contributed by atoms with Crippen LogP contribution in [-0.2, 0) is 9.53 Å². The van der Waals surface area contributed by atoms with Crippen LogP contribution in [0.1, 0.15) is 19.3 Å². The van der Waals surface area contributed by atoms with Crippen LogP contribution in [0, 0.1) is 5.92 Å². The highest BCUT2D eigenvalue weighted by Gasteiger charge is 2.28. The van der Waals surface area contributed by atoms with Gasteiger partial charge in [-0.05, 0) is 25.2 Å². The summed E-state index contributed by atoms with van der Waals surface area (Å²) in [5.41, 5.74) is 6.15. The molecule has 0 saturated carbocycles. The first kappa shape index (κ1) is 20.3. The standard InChI is InChI=1S/C19H30N2O5/c1-21(19(22)18(20)14-5-9-25-10-6-14)7-4-8-26-17-12-15(23-2)11-16(13-17)24-3/h11-14,18H,4-10,20H2,1-3H3. The van der Waals surface area contributed by atoms with E-state index in [1.807, 2.05) is 0 Å². The van der Waals surface area contributed by atoms with Crippen molar-refractivity contribution >= 4 is 5.91 Å². The maximum Gasteiger partial charge on any atom is 0.239 e. The molecule has 1 fully saturated rings. The number of nitrogens with two attached hydrogens (primary N) is 1. The van der Waals surface area contributed by atoms with Gasteiger partial charge in [0.1, 0.15) is 17.2 Å². The Labute approximate surface area is 155 Å². The Balaban J connectivity index is 1.75. The molecule has 1 aliphatic rings. The fourth-order valence-corrected chi connectivity index (χ4v) is 3.00. The molecule has 1 aromatic rings. The van der Waals surface area contributed by atoms with E-state index in [0.29, 0.717) is 50.0 Å². The maximum atomic E-state index is 12.5. The summed E-state index contributed by atoms with van der Waals surface area (Å²) in [6.07, 6.45) is 2.41. The minimum atomic E-state index is -0.451. The molecule has 26 heavy (non-hydrogen) atoms. The van der Waals surface area contributed by atoms with Gasteiger partial charge in [-0.15, -0.1) is 0 Å². The molecule has 1 amide bonds. The minimum Gasteiger partial charge on any atom is -0.496 e. The molecule has 0 radical (unpaired) electrons. The van der Waals surface area contributed by atoms with Crippen molar-refractivity contribution in [1.29, 1.82) is 0 Å². The fourth-order valence-electron chi connectivity index (χ4n) is 3.00. The second-order valence-electron chi connectivity index (χ2n) is 6.49. The number of carbonyl (C=O) groups excluding carboxylic acids is 1. The molecule has 0 aromatic heterocycles. The first-order valence-corrected chi connectivity index (χ1v) is 8.99. The van der Waals surface area contributed by atoms with Crippen molar-refractivity contribution in [2.45, 2.75) is 25.3 Å². The molecular formula is C19H30N2O5. The molecule has 1 saturated heterocycles. The number of carbonyl (C=O) groups is 1. The van der Waals surface area contributed by atoms with Gasteiger partial charge in [0, 0.05) is 45.0 Å². The predicted octanol–water partition coefficient (Wildman–Crippen LogP) is 1.68. The van der Waals surface area contributed by atoms with Gasteiger partial charge in [-0.25, -0.2) is 0 Å². The monoisotopic (exact) mass is 366 g/mol. The first-order chi connectivity index (χ1) is 12.5. The Morgan fingerprint density at radius 1 is 1.19 bits per heavy atom. The normalized spacial score (nSPS) is 16.0. The fraction of sp³-hybridized carbons (Fsp3) is 0.632. The molecule has 1 atom stereocenters.